The molecule has 1 aromatic rings. The van der Waals surface area contributed by atoms with Crippen LogP contribution in [0.1, 0.15) is 12.0 Å². The average molecular weight is 207 g/mol. The number of hydrogen-bond acceptors (Lipinski definition) is 3. The van der Waals surface area contributed by atoms with Gasteiger partial charge in [0.25, 0.3) is 0 Å². The van der Waals surface area contributed by atoms with E-state index in [0.29, 0.717) is 6.54 Å². The molecule has 0 bridgehead atoms. The summed E-state index contributed by atoms with van der Waals surface area (Å²) in [5.41, 5.74) is 6.37. The van der Waals surface area contributed by atoms with Gasteiger partial charge >= 0.3 is 0 Å². The summed E-state index contributed by atoms with van der Waals surface area (Å²) in [6, 6.07) is 5.72. The number of methoxy groups -OCH3 is 2. The Morgan fingerprint density at radius 3 is 2.27 bits per heavy atom. The Hall–Kier alpha value is -1.48. The Kier molecular flexibility index (Phi) is 4.71. The fourth-order valence-corrected chi connectivity index (χ4v) is 1.34. The van der Waals surface area contributed by atoms with E-state index in [1.54, 1.807) is 14.2 Å². The number of rotatable bonds is 5. The first-order chi connectivity index (χ1) is 7.33. The third kappa shape index (κ3) is 2.99. The first-order valence-corrected chi connectivity index (χ1v) is 4.91. The topological polar surface area (TPSA) is 44.5 Å². The number of ether oxygens (including phenoxy) is 2. The Balaban J connectivity index is 2.99. The van der Waals surface area contributed by atoms with Crippen molar-refractivity contribution in [3.05, 3.63) is 29.8 Å². The minimum Gasteiger partial charge on any atom is -0.496 e. The third-order valence-electron chi connectivity index (χ3n) is 2.08. The van der Waals surface area contributed by atoms with Crippen molar-refractivity contribution < 1.29 is 9.47 Å². The van der Waals surface area contributed by atoms with Gasteiger partial charge in [-0.2, -0.15) is 0 Å². The molecule has 0 radical (unpaired) electrons. The van der Waals surface area contributed by atoms with Gasteiger partial charge in [-0.1, -0.05) is 18.2 Å². The van der Waals surface area contributed by atoms with Crippen LogP contribution < -0.4 is 15.2 Å². The standard InChI is InChI=1S/C12H17NO2/c1-14-11-7-5-8-12(15-2)10(11)6-3-4-9-13/h3,5-8H,4,9,13H2,1-2H3. The summed E-state index contributed by atoms with van der Waals surface area (Å²) in [4.78, 5) is 0. The molecule has 0 amide bonds. The van der Waals surface area contributed by atoms with Gasteiger partial charge in [0.15, 0.2) is 0 Å². The van der Waals surface area contributed by atoms with Crippen LogP contribution in [-0.4, -0.2) is 20.8 Å². The van der Waals surface area contributed by atoms with E-state index < -0.39 is 0 Å². The average Bonchev–Trinajstić information content (AvgIpc) is 2.29. The summed E-state index contributed by atoms with van der Waals surface area (Å²) in [5.74, 6) is 1.62. The molecule has 0 spiro atoms. The molecule has 0 aliphatic carbocycles. The summed E-state index contributed by atoms with van der Waals surface area (Å²) in [7, 11) is 3.30. The smallest absolute Gasteiger partial charge is 0.129 e. The van der Waals surface area contributed by atoms with Crippen molar-refractivity contribution in [2.75, 3.05) is 20.8 Å². The molecule has 3 nitrogen and oxygen atoms in total. The first kappa shape index (κ1) is 11.6. The zero-order valence-electron chi connectivity index (χ0n) is 9.19. The van der Waals surface area contributed by atoms with Crippen LogP contribution in [0.4, 0.5) is 0 Å². The molecular formula is C12H17NO2. The van der Waals surface area contributed by atoms with Crippen molar-refractivity contribution in [2.24, 2.45) is 5.73 Å². The maximum Gasteiger partial charge on any atom is 0.129 e. The highest BCUT2D eigenvalue weighted by molar-refractivity contribution is 5.64. The predicted molar refractivity (Wildman–Crippen MR) is 62.3 cm³/mol. The van der Waals surface area contributed by atoms with Crippen LogP contribution >= 0.6 is 0 Å². The second-order valence-electron chi connectivity index (χ2n) is 3.06. The lowest BCUT2D eigenvalue weighted by Crippen LogP contribution is -1.95. The molecule has 0 fully saturated rings. The lowest BCUT2D eigenvalue weighted by molar-refractivity contribution is 0.392. The van der Waals surface area contributed by atoms with Crippen molar-refractivity contribution in [3.8, 4) is 11.5 Å². The molecule has 82 valence electrons. The molecule has 3 heteroatoms. The van der Waals surface area contributed by atoms with Crippen molar-refractivity contribution in [3.63, 3.8) is 0 Å². The summed E-state index contributed by atoms with van der Waals surface area (Å²) < 4.78 is 10.5. The van der Waals surface area contributed by atoms with Crippen LogP contribution in [0.15, 0.2) is 24.3 Å². The van der Waals surface area contributed by atoms with E-state index in [0.717, 1.165) is 23.5 Å². The number of nitrogens with two attached hydrogens (primary N) is 1. The van der Waals surface area contributed by atoms with Gasteiger partial charge in [0, 0.05) is 0 Å². The molecule has 15 heavy (non-hydrogen) atoms. The van der Waals surface area contributed by atoms with Crippen LogP contribution in [0.25, 0.3) is 6.08 Å². The first-order valence-electron chi connectivity index (χ1n) is 4.91. The zero-order valence-corrected chi connectivity index (χ0v) is 9.19. The van der Waals surface area contributed by atoms with Gasteiger partial charge in [0.05, 0.1) is 19.8 Å². The molecule has 0 heterocycles. The summed E-state index contributed by atoms with van der Waals surface area (Å²) in [6.45, 7) is 0.647. The normalized spacial score (nSPS) is 10.6. The van der Waals surface area contributed by atoms with Crippen molar-refractivity contribution >= 4 is 6.08 Å². The van der Waals surface area contributed by atoms with Gasteiger partial charge in [-0.25, -0.2) is 0 Å². The van der Waals surface area contributed by atoms with E-state index in [1.807, 2.05) is 30.4 Å². The Bertz CT molecular complexity index is 312. The van der Waals surface area contributed by atoms with E-state index >= 15 is 0 Å². The monoisotopic (exact) mass is 207 g/mol. The molecule has 2 N–H and O–H groups in total. The highest BCUT2D eigenvalue weighted by Crippen LogP contribution is 2.29. The molecule has 1 aromatic carbocycles. The lowest BCUT2D eigenvalue weighted by atomic mass is 10.1. The van der Waals surface area contributed by atoms with Gasteiger partial charge in [-0.3, -0.25) is 0 Å². The number of hydrogen-bond donors (Lipinski definition) is 1. The zero-order chi connectivity index (χ0) is 11.1. The summed E-state index contributed by atoms with van der Waals surface area (Å²) in [5, 5.41) is 0. The van der Waals surface area contributed by atoms with Crippen LogP contribution in [0.2, 0.25) is 0 Å². The molecule has 0 aromatic heterocycles. The van der Waals surface area contributed by atoms with E-state index in [9.17, 15) is 0 Å². The van der Waals surface area contributed by atoms with Gasteiger partial charge in [-0.15, -0.1) is 0 Å². The quantitative estimate of drug-likeness (QED) is 0.803. The van der Waals surface area contributed by atoms with Crippen LogP contribution in [0.5, 0.6) is 11.5 Å². The van der Waals surface area contributed by atoms with Gasteiger partial charge in [0.1, 0.15) is 11.5 Å². The highest BCUT2D eigenvalue weighted by Gasteiger charge is 2.05. The molecule has 0 aliphatic heterocycles. The Morgan fingerprint density at radius 2 is 1.80 bits per heavy atom. The minimum absolute atomic E-state index is 0.647. The van der Waals surface area contributed by atoms with Crippen molar-refractivity contribution in [1.82, 2.24) is 0 Å². The SMILES string of the molecule is COc1cccc(OC)c1C=CCCN. The Morgan fingerprint density at radius 1 is 1.20 bits per heavy atom. The summed E-state index contributed by atoms with van der Waals surface area (Å²) >= 11 is 0. The molecular weight excluding hydrogens is 190 g/mol. The second-order valence-corrected chi connectivity index (χ2v) is 3.06. The lowest BCUT2D eigenvalue weighted by Gasteiger charge is -2.09. The molecule has 1 rings (SSSR count). The largest absolute Gasteiger partial charge is 0.496 e. The molecule has 0 saturated heterocycles. The highest BCUT2D eigenvalue weighted by atomic mass is 16.5. The Labute approximate surface area is 90.5 Å². The second kappa shape index (κ2) is 6.09. The van der Waals surface area contributed by atoms with E-state index in [1.165, 1.54) is 0 Å². The molecule has 0 aliphatic rings. The van der Waals surface area contributed by atoms with E-state index in [-0.39, 0.29) is 0 Å². The van der Waals surface area contributed by atoms with Crippen LogP contribution in [0.3, 0.4) is 0 Å². The van der Waals surface area contributed by atoms with Crippen molar-refractivity contribution in [2.45, 2.75) is 6.42 Å². The van der Waals surface area contributed by atoms with E-state index in [4.69, 9.17) is 15.2 Å². The molecule has 0 atom stereocenters. The van der Waals surface area contributed by atoms with Gasteiger partial charge < -0.3 is 15.2 Å². The number of benzene rings is 1. The van der Waals surface area contributed by atoms with Crippen LogP contribution in [-0.2, 0) is 0 Å². The maximum absolute atomic E-state index is 5.42. The molecule has 0 unspecified atom stereocenters. The van der Waals surface area contributed by atoms with Gasteiger partial charge in [-0.05, 0) is 25.1 Å². The fourth-order valence-electron chi connectivity index (χ4n) is 1.34. The van der Waals surface area contributed by atoms with Gasteiger partial charge in [0.2, 0.25) is 0 Å². The van der Waals surface area contributed by atoms with Crippen LogP contribution in [0, 0.1) is 0 Å². The predicted octanol–water partition coefficient (Wildman–Crippen LogP) is 2.07. The van der Waals surface area contributed by atoms with E-state index in [2.05, 4.69) is 0 Å². The molecule has 0 saturated carbocycles. The fraction of sp³-hybridized carbons (Fsp3) is 0.333. The van der Waals surface area contributed by atoms with Crippen molar-refractivity contribution in [1.29, 1.82) is 0 Å². The maximum atomic E-state index is 5.42. The minimum atomic E-state index is 0.647. The third-order valence-corrected chi connectivity index (χ3v) is 2.08. The summed E-state index contributed by atoms with van der Waals surface area (Å²) in [6.07, 6.45) is 4.84.